The second-order valence-corrected chi connectivity index (χ2v) is 19.5. The maximum absolute atomic E-state index is 17.0. The summed E-state index contributed by atoms with van der Waals surface area (Å²) >= 11 is 6.26. The molecular weight excluding hydrogens is 847 g/mol. The number of carbonyl (C=O) groups excluding carboxylic acids is 1. The molecule has 2 saturated heterocycles. The van der Waals surface area contributed by atoms with Gasteiger partial charge in [-0.15, -0.1) is 0 Å². The number of H-pyrrole nitrogens is 1. The molecule has 1 spiro atoms. The zero-order valence-corrected chi connectivity index (χ0v) is 36.5. The lowest BCUT2D eigenvalue weighted by Gasteiger charge is -2.47. The first kappa shape index (κ1) is 42.9. The van der Waals surface area contributed by atoms with Crippen LogP contribution in [0.4, 0.5) is 15.8 Å². The summed E-state index contributed by atoms with van der Waals surface area (Å²) in [6, 6.07) is 18.0. The number of fused-ring (bicyclic) bond motifs is 1. The predicted molar refractivity (Wildman–Crippen MR) is 239 cm³/mol. The SMILES string of the molecule is O=C(NS(=O)(=O)c1ccc(CCC2CCOCC2)c([N+](=O)[O-])c1)c1ccc(N2CCN(CC3=C(c4ccc(Cl)cc4)CC4(CCC4)CC3)CC2)c(F)c1Oc1cnc2[nH]ccc2c1. The normalized spacial score (nSPS) is 18.4. The Morgan fingerprint density at radius 3 is 2.54 bits per heavy atom. The van der Waals surface area contributed by atoms with Crippen molar-refractivity contribution in [3.8, 4) is 11.5 Å². The van der Waals surface area contributed by atoms with Crippen molar-refractivity contribution in [2.24, 2.45) is 11.3 Å². The number of pyridine rings is 1. The van der Waals surface area contributed by atoms with Crippen LogP contribution in [0.25, 0.3) is 16.6 Å². The molecule has 1 amide bonds. The molecule has 63 heavy (non-hydrogen) atoms. The summed E-state index contributed by atoms with van der Waals surface area (Å²) in [5, 5.41) is 13.5. The van der Waals surface area contributed by atoms with Gasteiger partial charge < -0.3 is 19.4 Å². The Morgan fingerprint density at radius 2 is 1.81 bits per heavy atom. The fourth-order valence-corrected chi connectivity index (χ4v) is 10.8. The average molecular weight is 897 g/mol. The molecule has 330 valence electrons. The molecule has 0 bridgehead atoms. The van der Waals surface area contributed by atoms with E-state index in [-0.39, 0.29) is 22.7 Å². The molecule has 2 aliphatic heterocycles. The smallest absolute Gasteiger partial charge is 0.273 e. The van der Waals surface area contributed by atoms with Crippen molar-refractivity contribution < 1.29 is 32.0 Å². The Morgan fingerprint density at radius 1 is 1.03 bits per heavy atom. The summed E-state index contributed by atoms with van der Waals surface area (Å²) in [5.41, 5.74) is 4.95. The van der Waals surface area contributed by atoms with E-state index in [1.54, 1.807) is 18.3 Å². The molecule has 0 radical (unpaired) electrons. The quantitative estimate of drug-likeness (QED) is 0.0861. The second kappa shape index (κ2) is 18.0. The topological polar surface area (TPSA) is 160 Å². The first-order valence-corrected chi connectivity index (χ1v) is 23.6. The highest BCUT2D eigenvalue weighted by Crippen LogP contribution is 2.55. The maximum atomic E-state index is 17.0. The molecule has 0 unspecified atom stereocenters. The highest BCUT2D eigenvalue weighted by atomic mass is 35.5. The molecule has 3 aromatic carbocycles. The van der Waals surface area contributed by atoms with Crippen LogP contribution >= 0.6 is 11.6 Å². The van der Waals surface area contributed by atoms with Crippen molar-refractivity contribution in [2.75, 3.05) is 50.8 Å². The van der Waals surface area contributed by atoms with E-state index in [4.69, 9.17) is 21.1 Å². The number of nitro groups is 1. The molecule has 2 N–H and O–H groups in total. The largest absolute Gasteiger partial charge is 0.452 e. The Bertz CT molecular complexity index is 2670. The predicted octanol–water partition coefficient (Wildman–Crippen LogP) is 9.46. The van der Waals surface area contributed by atoms with Crippen LogP contribution in [0.5, 0.6) is 11.5 Å². The lowest BCUT2D eigenvalue weighted by molar-refractivity contribution is -0.385. The van der Waals surface area contributed by atoms with Crippen molar-refractivity contribution in [2.45, 2.75) is 69.1 Å². The number of carbonyl (C=O) groups is 1. The van der Waals surface area contributed by atoms with E-state index < -0.39 is 37.3 Å². The van der Waals surface area contributed by atoms with Gasteiger partial charge in [-0.1, -0.05) is 41.8 Å². The highest BCUT2D eigenvalue weighted by Gasteiger charge is 2.41. The van der Waals surface area contributed by atoms with Crippen LogP contribution in [0.1, 0.15) is 79.3 Å². The zero-order chi connectivity index (χ0) is 43.7. The van der Waals surface area contributed by atoms with Crippen LogP contribution in [0.3, 0.4) is 0 Å². The van der Waals surface area contributed by atoms with Gasteiger partial charge in [0.1, 0.15) is 11.4 Å². The van der Waals surface area contributed by atoms with Gasteiger partial charge in [0.25, 0.3) is 21.6 Å². The Kier molecular flexibility index (Phi) is 12.3. The maximum Gasteiger partial charge on any atom is 0.273 e. The number of allylic oxidation sites excluding steroid dienone is 1. The molecular formula is C47H50ClFN6O7S. The molecule has 1 saturated carbocycles. The molecule has 4 heterocycles. The number of amides is 1. The van der Waals surface area contributed by atoms with Crippen molar-refractivity contribution in [1.29, 1.82) is 0 Å². The summed E-state index contributed by atoms with van der Waals surface area (Å²) in [7, 11) is -4.66. The van der Waals surface area contributed by atoms with Crippen LogP contribution in [0.15, 0.2) is 89.6 Å². The third-order valence-corrected chi connectivity index (χ3v) is 15.1. The van der Waals surface area contributed by atoms with Gasteiger partial charge in [-0.05, 0) is 123 Å². The van der Waals surface area contributed by atoms with Gasteiger partial charge in [0.05, 0.1) is 27.3 Å². The lowest BCUT2D eigenvalue weighted by Crippen LogP contribution is -2.47. The average Bonchev–Trinajstić information content (AvgIpc) is 3.75. The number of ether oxygens (including phenoxy) is 2. The molecule has 2 aromatic heterocycles. The number of benzene rings is 3. The van der Waals surface area contributed by atoms with E-state index in [2.05, 4.69) is 27.0 Å². The summed E-state index contributed by atoms with van der Waals surface area (Å²) in [5.74, 6) is -1.99. The van der Waals surface area contributed by atoms with Crippen LogP contribution in [0, 0.1) is 27.3 Å². The molecule has 13 nitrogen and oxygen atoms in total. The Balaban J connectivity index is 0.945. The van der Waals surface area contributed by atoms with Gasteiger partial charge in [0, 0.05) is 74.2 Å². The van der Waals surface area contributed by atoms with Crippen LogP contribution in [0.2, 0.25) is 5.02 Å². The second-order valence-electron chi connectivity index (χ2n) is 17.4. The van der Waals surface area contributed by atoms with E-state index in [1.807, 2.05) is 21.8 Å². The van der Waals surface area contributed by atoms with Gasteiger partial charge in [0.2, 0.25) is 0 Å². The molecule has 5 aromatic rings. The van der Waals surface area contributed by atoms with Crippen molar-refractivity contribution >= 4 is 55.5 Å². The van der Waals surface area contributed by atoms with Gasteiger partial charge in [-0.25, -0.2) is 22.5 Å². The molecule has 4 aliphatic rings. The number of rotatable bonds is 13. The van der Waals surface area contributed by atoms with Gasteiger partial charge in [-0.3, -0.25) is 19.8 Å². The van der Waals surface area contributed by atoms with Crippen molar-refractivity contribution in [3.63, 3.8) is 0 Å². The number of aryl methyl sites for hydroxylation is 1. The van der Waals surface area contributed by atoms with E-state index in [0.29, 0.717) is 80.2 Å². The van der Waals surface area contributed by atoms with Gasteiger partial charge in [-0.2, -0.15) is 0 Å². The number of aromatic amines is 1. The minimum Gasteiger partial charge on any atom is -0.452 e. The molecule has 2 aliphatic carbocycles. The number of hydrogen-bond acceptors (Lipinski definition) is 10. The van der Waals surface area contributed by atoms with Crippen LogP contribution < -0.4 is 14.4 Å². The number of aromatic nitrogens is 2. The van der Waals surface area contributed by atoms with Crippen molar-refractivity contribution in [1.82, 2.24) is 19.6 Å². The Hall–Kier alpha value is -5.35. The molecule has 0 atom stereocenters. The highest BCUT2D eigenvalue weighted by molar-refractivity contribution is 7.90. The Labute approximate surface area is 370 Å². The number of nitrogens with one attached hydrogen (secondary N) is 2. The number of piperazine rings is 1. The number of hydrogen-bond donors (Lipinski definition) is 2. The number of anilines is 1. The number of nitrogens with zero attached hydrogens (tertiary/aromatic N) is 4. The van der Waals surface area contributed by atoms with Crippen LogP contribution in [-0.2, 0) is 21.2 Å². The fourth-order valence-electron chi connectivity index (χ4n) is 9.69. The molecule has 3 fully saturated rings. The fraction of sp³-hybridized carbons (Fsp3) is 0.404. The number of nitro benzene ring substituents is 1. The molecule has 9 rings (SSSR count). The first-order valence-electron chi connectivity index (χ1n) is 21.7. The standard InChI is InChI=1S/C47H50ClFN6O7S/c48-36-7-4-32(5-8-36)40-28-47(16-1-17-47)18-12-35(40)30-53-20-22-54(23-21-53)41-11-10-39(44(43(41)49)62-37-26-34-13-19-50-45(34)51-29-37)46(56)52-63(59,60)38-9-6-33(42(27-38)55(57)58)3-2-31-14-24-61-25-15-31/h4-11,13,19,26-27,29,31H,1-3,12,14-18,20-25,28,30H2,(H,50,51)(H,52,56). The summed E-state index contributed by atoms with van der Waals surface area (Å²) in [4.78, 5) is 36.6. The van der Waals surface area contributed by atoms with E-state index in [1.165, 1.54) is 72.9 Å². The summed E-state index contributed by atoms with van der Waals surface area (Å²) in [6.07, 6.45) is 13.1. The minimum atomic E-state index is -4.66. The van der Waals surface area contributed by atoms with Gasteiger partial charge in [0.15, 0.2) is 11.6 Å². The van der Waals surface area contributed by atoms with E-state index >= 15 is 4.39 Å². The third kappa shape index (κ3) is 9.33. The number of halogens is 2. The lowest BCUT2D eigenvalue weighted by atomic mass is 9.59. The van der Waals surface area contributed by atoms with Crippen LogP contribution in [-0.4, -0.2) is 80.1 Å². The monoisotopic (exact) mass is 896 g/mol. The third-order valence-electron chi connectivity index (χ3n) is 13.5. The first-order chi connectivity index (χ1) is 30.4. The van der Waals surface area contributed by atoms with E-state index in [0.717, 1.165) is 43.3 Å². The van der Waals surface area contributed by atoms with E-state index in [9.17, 15) is 23.3 Å². The number of sulfonamides is 1. The van der Waals surface area contributed by atoms with Gasteiger partial charge >= 0.3 is 0 Å². The summed E-state index contributed by atoms with van der Waals surface area (Å²) < 4.78 is 57.9. The molecule has 16 heteroatoms. The summed E-state index contributed by atoms with van der Waals surface area (Å²) in [6.45, 7) is 4.47. The zero-order valence-electron chi connectivity index (χ0n) is 34.9. The van der Waals surface area contributed by atoms with Crippen molar-refractivity contribution in [3.05, 3.63) is 122 Å². The minimum absolute atomic E-state index is 0.132.